The molecule has 0 radical (unpaired) electrons. The van der Waals surface area contributed by atoms with Crippen molar-refractivity contribution in [2.24, 2.45) is 5.10 Å². The quantitative estimate of drug-likeness (QED) is 0.545. The normalized spacial score (nSPS) is 11.3. The molecule has 0 aliphatic carbocycles. The van der Waals surface area contributed by atoms with Gasteiger partial charge in [-0.05, 0) is 36.0 Å². The lowest BCUT2D eigenvalue weighted by Gasteiger charge is -2.04. The molecule has 3 aromatic rings. The molecule has 6 heteroatoms. The van der Waals surface area contributed by atoms with E-state index >= 15 is 0 Å². The van der Waals surface area contributed by atoms with Crippen molar-refractivity contribution in [1.29, 1.82) is 0 Å². The zero-order chi connectivity index (χ0) is 16.6. The van der Waals surface area contributed by atoms with Crippen molar-refractivity contribution in [3.8, 4) is 5.75 Å². The van der Waals surface area contributed by atoms with Crippen LogP contribution in [0.4, 0.5) is 0 Å². The number of benzene rings is 2. The molecule has 3 rings (SSSR count). The predicted molar refractivity (Wildman–Crippen MR) is 97.6 cm³/mol. The highest BCUT2D eigenvalue weighted by molar-refractivity contribution is 7.71. The molecule has 24 heavy (non-hydrogen) atoms. The van der Waals surface area contributed by atoms with Crippen molar-refractivity contribution in [2.75, 3.05) is 0 Å². The van der Waals surface area contributed by atoms with Crippen molar-refractivity contribution in [2.45, 2.75) is 6.61 Å². The van der Waals surface area contributed by atoms with Gasteiger partial charge in [-0.3, -0.25) is 0 Å². The molecule has 0 saturated heterocycles. The van der Waals surface area contributed by atoms with Crippen molar-refractivity contribution in [3.05, 3.63) is 82.9 Å². The Morgan fingerprint density at radius 3 is 2.54 bits per heavy atom. The van der Waals surface area contributed by atoms with Crippen molar-refractivity contribution >= 4 is 24.5 Å². The fraction of sp³-hybridized carbons (Fsp3) is 0.0556. The summed E-state index contributed by atoms with van der Waals surface area (Å²) in [5, 5.41) is 11.2. The van der Waals surface area contributed by atoms with E-state index in [-0.39, 0.29) is 6.61 Å². The predicted octanol–water partition coefficient (Wildman–Crippen LogP) is 4.07. The maximum atomic E-state index is 5.68. The van der Waals surface area contributed by atoms with Crippen LogP contribution in [0.3, 0.4) is 0 Å². The average Bonchev–Trinajstić information content (AvgIpc) is 2.99. The van der Waals surface area contributed by atoms with Gasteiger partial charge < -0.3 is 4.74 Å². The van der Waals surface area contributed by atoms with E-state index in [4.69, 9.17) is 17.0 Å². The summed E-state index contributed by atoms with van der Waals surface area (Å²) in [6.07, 6.45) is 5.49. The van der Waals surface area contributed by atoms with Gasteiger partial charge in [0.15, 0.2) is 5.82 Å². The molecule has 1 aromatic heterocycles. The highest BCUT2D eigenvalue weighted by Crippen LogP contribution is 2.10. The van der Waals surface area contributed by atoms with Gasteiger partial charge in [-0.15, -0.1) is 0 Å². The molecule has 0 aliphatic heterocycles. The Bertz CT molecular complexity index is 882. The van der Waals surface area contributed by atoms with Gasteiger partial charge in [0.2, 0.25) is 4.77 Å². The fourth-order valence-electron chi connectivity index (χ4n) is 2.02. The Balaban J connectivity index is 1.67. The number of H-pyrrole nitrogens is 1. The molecule has 2 aromatic carbocycles. The molecule has 0 spiro atoms. The Morgan fingerprint density at radius 2 is 1.79 bits per heavy atom. The zero-order valence-corrected chi connectivity index (χ0v) is 13.7. The third kappa shape index (κ3) is 4.27. The molecule has 120 valence electrons. The molecular formula is C18H16N4OS. The van der Waals surface area contributed by atoms with Crippen LogP contribution in [-0.2, 0) is 6.61 Å². The van der Waals surface area contributed by atoms with Crippen molar-refractivity contribution in [3.63, 3.8) is 0 Å². The monoisotopic (exact) mass is 336 g/mol. The largest absolute Gasteiger partial charge is 0.486 e. The molecule has 0 unspecified atom stereocenters. The van der Waals surface area contributed by atoms with Crippen LogP contribution in [-0.4, -0.2) is 21.1 Å². The first-order chi connectivity index (χ1) is 11.8. The van der Waals surface area contributed by atoms with E-state index in [2.05, 4.69) is 15.3 Å². The summed E-state index contributed by atoms with van der Waals surface area (Å²) in [6.45, 7) is 0.275. The van der Waals surface area contributed by atoms with E-state index in [9.17, 15) is 0 Å². The Hall–Kier alpha value is -2.99. The lowest BCUT2D eigenvalue weighted by atomic mass is 10.2. The summed E-state index contributed by atoms with van der Waals surface area (Å²) >= 11 is 5.20. The topological polar surface area (TPSA) is 55.2 Å². The average molecular weight is 336 g/mol. The summed E-state index contributed by atoms with van der Waals surface area (Å²) in [4.78, 5) is 0. The number of ether oxygens (including phenoxy) is 1. The second-order valence-electron chi connectivity index (χ2n) is 4.89. The maximum Gasteiger partial charge on any atom is 0.216 e. The van der Waals surface area contributed by atoms with Crippen LogP contribution in [0, 0.1) is 4.77 Å². The first kappa shape index (κ1) is 15.9. The van der Waals surface area contributed by atoms with Crippen LogP contribution in [0.5, 0.6) is 5.75 Å². The number of para-hydroxylation sites is 1. The SMILES string of the molecule is S=c1[nH]nc(COc2ccccc2)n1N=C/C=C/c1ccccc1. The minimum atomic E-state index is 0.275. The fourth-order valence-corrected chi connectivity index (χ4v) is 2.22. The molecule has 0 aliphatic rings. The number of rotatable bonds is 6. The number of hydrogen-bond acceptors (Lipinski definition) is 4. The molecule has 1 N–H and O–H groups in total. The Morgan fingerprint density at radius 1 is 1.08 bits per heavy atom. The van der Waals surface area contributed by atoms with Gasteiger partial charge in [0.25, 0.3) is 0 Å². The van der Waals surface area contributed by atoms with Crippen molar-refractivity contribution < 1.29 is 4.74 Å². The summed E-state index contributed by atoms with van der Waals surface area (Å²) in [5.41, 5.74) is 1.10. The Labute approximate surface area is 144 Å². The standard InChI is InChI=1S/C18H16N4OS/c24-18-21-20-17(14-23-16-11-5-2-6-12-16)22(18)19-13-7-10-15-8-3-1-4-9-15/h1-13H,14H2,(H,21,24)/b10-7+,19-13?. The minimum Gasteiger partial charge on any atom is -0.486 e. The van der Waals surface area contributed by atoms with Gasteiger partial charge in [0.1, 0.15) is 12.4 Å². The second kappa shape index (κ2) is 8.03. The van der Waals surface area contributed by atoms with E-state index in [1.165, 1.54) is 0 Å². The van der Waals surface area contributed by atoms with Crippen LogP contribution in [0.1, 0.15) is 11.4 Å². The molecule has 0 atom stereocenters. The maximum absolute atomic E-state index is 5.68. The third-order valence-corrected chi connectivity index (χ3v) is 3.45. The van der Waals surface area contributed by atoms with Gasteiger partial charge in [-0.1, -0.05) is 54.6 Å². The smallest absolute Gasteiger partial charge is 0.216 e. The molecule has 0 bridgehead atoms. The van der Waals surface area contributed by atoms with Crippen LogP contribution in [0.15, 0.2) is 71.8 Å². The first-order valence-corrected chi connectivity index (χ1v) is 7.84. The van der Waals surface area contributed by atoms with E-state index in [1.54, 1.807) is 10.9 Å². The summed E-state index contributed by atoms with van der Waals surface area (Å²) in [7, 11) is 0. The van der Waals surface area contributed by atoms with E-state index < -0.39 is 0 Å². The molecular weight excluding hydrogens is 320 g/mol. The first-order valence-electron chi connectivity index (χ1n) is 7.43. The minimum absolute atomic E-state index is 0.275. The molecule has 0 amide bonds. The van der Waals surface area contributed by atoms with Crippen LogP contribution in [0.25, 0.3) is 6.08 Å². The zero-order valence-electron chi connectivity index (χ0n) is 12.9. The van der Waals surface area contributed by atoms with Gasteiger partial charge in [0.05, 0.1) is 0 Å². The number of aromatic nitrogens is 3. The van der Waals surface area contributed by atoms with E-state index in [0.717, 1.165) is 11.3 Å². The number of allylic oxidation sites excluding steroid dienone is 1. The summed E-state index contributed by atoms with van der Waals surface area (Å²) < 4.78 is 7.65. The second-order valence-corrected chi connectivity index (χ2v) is 5.28. The van der Waals surface area contributed by atoms with Crippen molar-refractivity contribution in [1.82, 2.24) is 14.9 Å². The molecule has 0 saturated carbocycles. The summed E-state index contributed by atoms with van der Waals surface area (Å²) in [6, 6.07) is 19.5. The number of hydrogen-bond donors (Lipinski definition) is 1. The Kier molecular flexibility index (Phi) is 5.32. The third-order valence-electron chi connectivity index (χ3n) is 3.19. The van der Waals surface area contributed by atoms with Crippen LogP contribution < -0.4 is 4.74 Å². The van der Waals surface area contributed by atoms with Crippen LogP contribution >= 0.6 is 12.2 Å². The van der Waals surface area contributed by atoms with Crippen LogP contribution in [0.2, 0.25) is 0 Å². The summed E-state index contributed by atoms with van der Waals surface area (Å²) in [5.74, 6) is 1.37. The number of nitrogens with one attached hydrogen (secondary N) is 1. The molecule has 1 heterocycles. The van der Waals surface area contributed by atoms with E-state index in [1.807, 2.05) is 72.8 Å². The van der Waals surface area contributed by atoms with Gasteiger partial charge in [-0.25, -0.2) is 5.10 Å². The highest BCUT2D eigenvalue weighted by atomic mass is 32.1. The van der Waals surface area contributed by atoms with Gasteiger partial charge >= 0.3 is 0 Å². The van der Waals surface area contributed by atoms with E-state index in [0.29, 0.717) is 10.6 Å². The lowest BCUT2D eigenvalue weighted by Crippen LogP contribution is -2.03. The highest BCUT2D eigenvalue weighted by Gasteiger charge is 2.05. The van der Waals surface area contributed by atoms with Gasteiger partial charge in [-0.2, -0.15) is 14.9 Å². The number of aromatic amines is 1. The molecule has 5 nitrogen and oxygen atoms in total. The number of nitrogens with zero attached hydrogens (tertiary/aromatic N) is 3. The van der Waals surface area contributed by atoms with Gasteiger partial charge in [0, 0.05) is 6.21 Å². The molecule has 0 fully saturated rings. The lowest BCUT2D eigenvalue weighted by molar-refractivity contribution is 0.290.